The number of nitrogens with zero attached hydrogens (tertiary/aromatic N) is 1. The molecule has 7 heteroatoms. The average Bonchev–Trinajstić information content (AvgIpc) is 2.92. The third kappa shape index (κ3) is 3.15. The molecule has 0 aromatic heterocycles. The minimum atomic E-state index is -3.79. The van der Waals surface area contributed by atoms with Crippen molar-refractivity contribution >= 4 is 10.0 Å². The largest absolute Gasteiger partial charge is 0.377 e. The predicted molar refractivity (Wildman–Crippen MR) is 69.9 cm³/mol. The maximum Gasteiger partial charge on any atom is 0.240 e. The Morgan fingerprint density at radius 3 is 2.90 bits per heavy atom. The summed E-state index contributed by atoms with van der Waals surface area (Å²) in [5.74, 6) is -0.737. The van der Waals surface area contributed by atoms with Gasteiger partial charge in [-0.2, -0.15) is 5.26 Å². The first-order valence-electron chi connectivity index (χ1n) is 6.27. The molecule has 0 aliphatic carbocycles. The lowest BCUT2D eigenvalue weighted by Crippen LogP contribution is -2.40. The van der Waals surface area contributed by atoms with Gasteiger partial charge >= 0.3 is 0 Å². The molecule has 1 saturated heterocycles. The second-order valence-corrected chi connectivity index (χ2v) is 6.43. The van der Waals surface area contributed by atoms with Gasteiger partial charge in [-0.1, -0.05) is 0 Å². The number of benzene rings is 1. The summed E-state index contributed by atoms with van der Waals surface area (Å²) < 4.78 is 45.5. The molecule has 0 saturated carbocycles. The molecule has 1 heterocycles. The lowest BCUT2D eigenvalue weighted by molar-refractivity contribution is 0.0902. The highest BCUT2D eigenvalue weighted by molar-refractivity contribution is 7.89. The maximum absolute atomic E-state index is 13.2. The van der Waals surface area contributed by atoms with Crippen molar-refractivity contribution in [2.75, 3.05) is 6.61 Å². The minimum absolute atomic E-state index is 0.125. The van der Waals surface area contributed by atoms with Crippen LogP contribution in [0.15, 0.2) is 23.1 Å². The molecule has 1 aromatic rings. The van der Waals surface area contributed by atoms with Crippen molar-refractivity contribution in [3.05, 3.63) is 29.6 Å². The summed E-state index contributed by atoms with van der Waals surface area (Å²) in [4.78, 5) is -0.125. The second-order valence-electron chi connectivity index (χ2n) is 4.71. The van der Waals surface area contributed by atoms with E-state index >= 15 is 0 Å². The van der Waals surface area contributed by atoms with Gasteiger partial charge in [-0.15, -0.1) is 0 Å². The fourth-order valence-electron chi connectivity index (χ4n) is 2.14. The predicted octanol–water partition coefficient (Wildman–Crippen LogP) is 1.54. The molecule has 0 radical (unpaired) electrons. The highest BCUT2D eigenvalue weighted by atomic mass is 32.2. The molecule has 2 unspecified atom stereocenters. The zero-order chi connectivity index (χ0) is 14.8. The van der Waals surface area contributed by atoms with Crippen molar-refractivity contribution in [1.82, 2.24) is 4.72 Å². The summed E-state index contributed by atoms with van der Waals surface area (Å²) in [5, 5.41) is 8.74. The fraction of sp³-hybridized carbons (Fsp3) is 0.462. The first kappa shape index (κ1) is 14.9. The highest BCUT2D eigenvalue weighted by Gasteiger charge is 2.27. The van der Waals surface area contributed by atoms with Crippen molar-refractivity contribution in [2.24, 2.45) is 0 Å². The van der Waals surface area contributed by atoms with Crippen LogP contribution in [0.1, 0.15) is 25.3 Å². The molecule has 2 atom stereocenters. The maximum atomic E-state index is 13.2. The molecule has 20 heavy (non-hydrogen) atoms. The topological polar surface area (TPSA) is 79.2 Å². The number of nitrogens with one attached hydrogen (secondary N) is 1. The van der Waals surface area contributed by atoms with Gasteiger partial charge in [0.05, 0.1) is 16.6 Å². The van der Waals surface area contributed by atoms with Crippen LogP contribution in [-0.2, 0) is 14.8 Å². The van der Waals surface area contributed by atoms with E-state index in [2.05, 4.69) is 4.72 Å². The van der Waals surface area contributed by atoms with Crippen molar-refractivity contribution in [2.45, 2.75) is 36.8 Å². The van der Waals surface area contributed by atoms with Gasteiger partial charge in [0.15, 0.2) is 0 Å². The number of hydrogen-bond donors (Lipinski definition) is 1. The summed E-state index contributed by atoms with van der Waals surface area (Å²) in [6, 6.07) is 4.39. The molecule has 0 spiro atoms. The number of halogens is 1. The monoisotopic (exact) mass is 298 g/mol. The van der Waals surface area contributed by atoms with Crippen LogP contribution >= 0.6 is 0 Å². The van der Waals surface area contributed by atoms with Gasteiger partial charge in [0, 0.05) is 12.6 Å². The van der Waals surface area contributed by atoms with E-state index in [4.69, 9.17) is 10.00 Å². The SMILES string of the molecule is CC(NS(=O)(=O)c1ccc(F)c(C#N)c1)C1CCCO1. The number of ether oxygens (including phenoxy) is 1. The molecule has 1 aliphatic heterocycles. The van der Waals surface area contributed by atoms with E-state index in [9.17, 15) is 12.8 Å². The molecule has 1 N–H and O–H groups in total. The van der Waals surface area contributed by atoms with Gasteiger partial charge in [0.25, 0.3) is 0 Å². The lowest BCUT2D eigenvalue weighted by atomic mass is 10.1. The zero-order valence-corrected chi connectivity index (χ0v) is 11.8. The summed E-state index contributed by atoms with van der Waals surface area (Å²) >= 11 is 0. The van der Waals surface area contributed by atoms with Crippen molar-refractivity contribution in [3.63, 3.8) is 0 Å². The van der Waals surface area contributed by atoms with E-state index in [1.54, 1.807) is 13.0 Å². The van der Waals surface area contributed by atoms with Crippen LogP contribution < -0.4 is 4.72 Å². The van der Waals surface area contributed by atoms with Crippen LogP contribution in [0, 0.1) is 17.1 Å². The standard InChI is InChI=1S/C13H15FN2O3S/c1-9(13-3-2-6-19-13)16-20(17,18)11-4-5-12(14)10(7-11)8-15/h4-5,7,9,13,16H,2-3,6H2,1H3. The third-order valence-electron chi connectivity index (χ3n) is 3.23. The molecular formula is C13H15FN2O3S. The van der Waals surface area contributed by atoms with Crippen LogP contribution in [-0.4, -0.2) is 27.2 Å². The Bertz CT molecular complexity index is 634. The summed E-state index contributed by atoms with van der Waals surface area (Å²) in [6.07, 6.45) is 1.56. The fourth-order valence-corrected chi connectivity index (χ4v) is 3.44. The molecule has 1 aliphatic rings. The Morgan fingerprint density at radius 2 is 2.30 bits per heavy atom. The van der Waals surface area contributed by atoms with Gasteiger partial charge in [0.2, 0.25) is 10.0 Å². The zero-order valence-electron chi connectivity index (χ0n) is 11.0. The number of sulfonamides is 1. The van der Waals surface area contributed by atoms with E-state index in [1.807, 2.05) is 0 Å². The van der Waals surface area contributed by atoms with Crippen molar-refractivity contribution < 1.29 is 17.5 Å². The van der Waals surface area contributed by atoms with Gasteiger partial charge < -0.3 is 4.74 Å². The molecule has 5 nitrogen and oxygen atoms in total. The Labute approximate surface area is 117 Å². The Balaban J connectivity index is 2.20. The van der Waals surface area contributed by atoms with Gasteiger partial charge in [-0.05, 0) is 38.0 Å². The highest BCUT2D eigenvalue weighted by Crippen LogP contribution is 2.19. The lowest BCUT2D eigenvalue weighted by Gasteiger charge is -2.20. The van der Waals surface area contributed by atoms with Crippen molar-refractivity contribution in [1.29, 1.82) is 5.26 Å². The van der Waals surface area contributed by atoms with Crippen LogP contribution in [0.3, 0.4) is 0 Å². The summed E-state index contributed by atoms with van der Waals surface area (Å²) in [6.45, 7) is 2.36. The van der Waals surface area contributed by atoms with Gasteiger partial charge in [-0.3, -0.25) is 0 Å². The van der Waals surface area contributed by atoms with Crippen LogP contribution in [0.2, 0.25) is 0 Å². The van der Waals surface area contributed by atoms with E-state index in [1.165, 1.54) is 0 Å². The first-order chi connectivity index (χ1) is 9.44. The Hall–Kier alpha value is -1.49. The summed E-state index contributed by atoms with van der Waals surface area (Å²) in [7, 11) is -3.79. The second kappa shape index (κ2) is 5.87. The van der Waals surface area contributed by atoms with E-state index in [0.29, 0.717) is 6.61 Å². The van der Waals surface area contributed by atoms with Crippen LogP contribution in [0.25, 0.3) is 0 Å². The first-order valence-corrected chi connectivity index (χ1v) is 7.76. The van der Waals surface area contributed by atoms with E-state index in [0.717, 1.165) is 31.0 Å². The Morgan fingerprint density at radius 1 is 1.55 bits per heavy atom. The molecule has 0 bridgehead atoms. The third-order valence-corrected chi connectivity index (χ3v) is 4.79. The van der Waals surface area contributed by atoms with E-state index < -0.39 is 15.8 Å². The van der Waals surface area contributed by atoms with Crippen molar-refractivity contribution in [3.8, 4) is 6.07 Å². The van der Waals surface area contributed by atoms with Gasteiger partial charge in [-0.25, -0.2) is 17.5 Å². The normalized spacial score (nSPS) is 20.6. The molecule has 108 valence electrons. The molecule has 1 fully saturated rings. The van der Waals surface area contributed by atoms with Crippen LogP contribution in [0.5, 0.6) is 0 Å². The molecular weight excluding hydrogens is 283 g/mol. The average molecular weight is 298 g/mol. The molecule has 1 aromatic carbocycles. The summed E-state index contributed by atoms with van der Waals surface area (Å²) in [5.41, 5.74) is -0.294. The molecule has 2 rings (SSSR count). The quantitative estimate of drug-likeness (QED) is 0.914. The smallest absolute Gasteiger partial charge is 0.240 e. The number of rotatable bonds is 4. The van der Waals surface area contributed by atoms with E-state index in [-0.39, 0.29) is 22.6 Å². The molecule has 0 amide bonds. The number of hydrogen-bond acceptors (Lipinski definition) is 4. The van der Waals surface area contributed by atoms with Crippen LogP contribution in [0.4, 0.5) is 4.39 Å². The number of nitriles is 1. The minimum Gasteiger partial charge on any atom is -0.377 e. The Kier molecular flexibility index (Phi) is 4.38. The van der Waals surface area contributed by atoms with Gasteiger partial charge in [0.1, 0.15) is 11.9 Å².